The SMILES string of the molecule is c1ccc(C(NC(c2ccccc2)C2CCCCC2)C2CCCCC2)cc1. The Morgan fingerprint density at radius 3 is 1.26 bits per heavy atom. The molecule has 2 fully saturated rings. The molecule has 1 nitrogen and oxygen atoms in total. The third-order valence-corrected chi connectivity index (χ3v) is 6.92. The van der Waals surface area contributed by atoms with Gasteiger partial charge in [-0.25, -0.2) is 0 Å². The van der Waals surface area contributed by atoms with Crippen LogP contribution < -0.4 is 5.32 Å². The monoisotopic (exact) mass is 361 g/mol. The molecule has 0 aromatic heterocycles. The summed E-state index contributed by atoms with van der Waals surface area (Å²) in [6.07, 6.45) is 13.9. The first-order valence-electron chi connectivity index (χ1n) is 11.3. The third-order valence-electron chi connectivity index (χ3n) is 6.92. The quantitative estimate of drug-likeness (QED) is 0.572. The fourth-order valence-corrected chi connectivity index (χ4v) is 5.46. The topological polar surface area (TPSA) is 12.0 Å². The molecule has 2 aliphatic carbocycles. The molecule has 0 bridgehead atoms. The molecular weight excluding hydrogens is 326 g/mol. The molecule has 1 N–H and O–H groups in total. The molecule has 0 spiro atoms. The van der Waals surface area contributed by atoms with Crippen molar-refractivity contribution in [1.29, 1.82) is 0 Å². The lowest BCUT2D eigenvalue weighted by Crippen LogP contribution is -2.37. The molecule has 1 heteroatoms. The lowest BCUT2D eigenvalue weighted by molar-refractivity contribution is 0.203. The van der Waals surface area contributed by atoms with Crippen molar-refractivity contribution in [2.45, 2.75) is 76.3 Å². The Bertz CT molecular complexity index is 594. The van der Waals surface area contributed by atoms with Crippen LogP contribution in [0, 0.1) is 11.8 Å². The maximum atomic E-state index is 4.23. The fourth-order valence-electron chi connectivity index (χ4n) is 5.46. The second kappa shape index (κ2) is 9.55. The summed E-state index contributed by atoms with van der Waals surface area (Å²) in [6.45, 7) is 0. The van der Waals surface area contributed by atoms with E-state index in [0.29, 0.717) is 12.1 Å². The molecule has 2 saturated carbocycles. The second-order valence-corrected chi connectivity index (χ2v) is 8.74. The van der Waals surface area contributed by atoms with E-state index in [1.807, 2.05) is 0 Å². The highest BCUT2D eigenvalue weighted by atomic mass is 15.0. The van der Waals surface area contributed by atoms with Gasteiger partial charge in [0, 0.05) is 12.1 Å². The molecule has 0 heterocycles. The lowest BCUT2D eigenvalue weighted by atomic mass is 9.77. The molecule has 2 aliphatic rings. The van der Waals surface area contributed by atoms with Gasteiger partial charge in [0.1, 0.15) is 0 Å². The summed E-state index contributed by atoms with van der Waals surface area (Å²) in [5, 5.41) is 4.23. The van der Waals surface area contributed by atoms with Gasteiger partial charge in [0.15, 0.2) is 0 Å². The molecule has 4 rings (SSSR count). The average molecular weight is 362 g/mol. The van der Waals surface area contributed by atoms with E-state index in [4.69, 9.17) is 0 Å². The van der Waals surface area contributed by atoms with E-state index in [2.05, 4.69) is 66.0 Å². The minimum Gasteiger partial charge on any atom is -0.303 e. The Hall–Kier alpha value is -1.60. The van der Waals surface area contributed by atoms with Crippen molar-refractivity contribution < 1.29 is 0 Å². The number of rotatable bonds is 6. The van der Waals surface area contributed by atoms with Crippen LogP contribution in [-0.2, 0) is 0 Å². The van der Waals surface area contributed by atoms with E-state index in [1.165, 1.54) is 75.3 Å². The summed E-state index contributed by atoms with van der Waals surface area (Å²) in [6, 6.07) is 23.5. The van der Waals surface area contributed by atoms with Gasteiger partial charge >= 0.3 is 0 Å². The summed E-state index contributed by atoms with van der Waals surface area (Å²) in [5.74, 6) is 1.55. The molecule has 144 valence electrons. The van der Waals surface area contributed by atoms with E-state index >= 15 is 0 Å². The van der Waals surface area contributed by atoms with Crippen LogP contribution in [0.2, 0.25) is 0 Å². The van der Waals surface area contributed by atoms with Crippen LogP contribution in [-0.4, -0.2) is 0 Å². The Balaban J connectivity index is 1.62. The predicted octanol–water partition coefficient (Wildman–Crippen LogP) is 7.22. The Kier molecular flexibility index (Phi) is 6.63. The van der Waals surface area contributed by atoms with E-state index in [1.54, 1.807) is 0 Å². The molecular formula is C26H35N. The highest BCUT2D eigenvalue weighted by Gasteiger charge is 2.31. The van der Waals surface area contributed by atoms with Gasteiger partial charge in [-0.1, -0.05) is 99.2 Å². The van der Waals surface area contributed by atoms with Gasteiger partial charge in [0.25, 0.3) is 0 Å². The van der Waals surface area contributed by atoms with Gasteiger partial charge in [-0.05, 0) is 48.6 Å². The van der Waals surface area contributed by atoms with Crippen LogP contribution >= 0.6 is 0 Å². The number of nitrogens with one attached hydrogen (secondary N) is 1. The first kappa shape index (κ1) is 18.7. The fraction of sp³-hybridized carbons (Fsp3) is 0.538. The largest absolute Gasteiger partial charge is 0.303 e. The van der Waals surface area contributed by atoms with Crippen molar-refractivity contribution >= 4 is 0 Å². The molecule has 2 aromatic rings. The van der Waals surface area contributed by atoms with Crippen LogP contribution in [0.3, 0.4) is 0 Å². The standard InChI is InChI=1S/C26H35N/c1-5-13-21(14-6-1)25(22-15-7-2-8-16-22)27-26(23-17-9-3-10-18-23)24-19-11-4-12-20-24/h1,3,5-6,9-10,13-14,17-18,22,24-27H,2,4,7-8,11-12,15-16,19-20H2. The number of benzene rings is 2. The van der Waals surface area contributed by atoms with Crippen LogP contribution in [0.25, 0.3) is 0 Å². The molecule has 0 amide bonds. The Morgan fingerprint density at radius 2 is 0.889 bits per heavy atom. The molecule has 0 aliphatic heterocycles. The summed E-state index contributed by atoms with van der Waals surface area (Å²) in [7, 11) is 0. The zero-order chi connectivity index (χ0) is 18.3. The average Bonchev–Trinajstić information content (AvgIpc) is 2.77. The van der Waals surface area contributed by atoms with Gasteiger partial charge in [-0.15, -0.1) is 0 Å². The summed E-state index contributed by atoms with van der Waals surface area (Å²) >= 11 is 0. The minimum absolute atomic E-state index is 0.485. The Morgan fingerprint density at radius 1 is 0.519 bits per heavy atom. The highest BCUT2D eigenvalue weighted by Crippen LogP contribution is 2.40. The van der Waals surface area contributed by atoms with Gasteiger partial charge in [0.05, 0.1) is 0 Å². The van der Waals surface area contributed by atoms with E-state index in [9.17, 15) is 0 Å². The summed E-state index contributed by atoms with van der Waals surface area (Å²) in [4.78, 5) is 0. The molecule has 0 radical (unpaired) electrons. The molecule has 27 heavy (non-hydrogen) atoms. The smallest absolute Gasteiger partial charge is 0.0354 e. The first-order valence-corrected chi connectivity index (χ1v) is 11.3. The van der Waals surface area contributed by atoms with E-state index in [-0.39, 0.29) is 0 Å². The van der Waals surface area contributed by atoms with Gasteiger partial charge < -0.3 is 5.32 Å². The van der Waals surface area contributed by atoms with E-state index in [0.717, 1.165) is 11.8 Å². The minimum atomic E-state index is 0.485. The van der Waals surface area contributed by atoms with E-state index < -0.39 is 0 Å². The second-order valence-electron chi connectivity index (χ2n) is 8.74. The maximum absolute atomic E-state index is 4.23. The molecule has 2 atom stereocenters. The van der Waals surface area contributed by atoms with Crippen molar-refractivity contribution in [3.63, 3.8) is 0 Å². The summed E-state index contributed by atoms with van der Waals surface area (Å²) in [5.41, 5.74) is 2.97. The van der Waals surface area contributed by atoms with Gasteiger partial charge in [-0.3, -0.25) is 0 Å². The molecule has 2 aromatic carbocycles. The number of hydrogen-bond donors (Lipinski definition) is 1. The van der Waals surface area contributed by atoms with Crippen molar-refractivity contribution in [3.05, 3.63) is 71.8 Å². The zero-order valence-corrected chi connectivity index (χ0v) is 16.7. The molecule has 0 saturated heterocycles. The van der Waals surface area contributed by atoms with Crippen molar-refractivity contribution in [2.75, 3.05) is 0 Å². The van der Waals surface area contributed by atoms with Crippen molar-refractivity contribution in [2.24, 2.45) is 11.8 Å². The third kappa shape index (κ3) is 4.82. The number of hydrogen-bond acceptors (Lipinski definition) is 1. The lowest BCUT2D eigenvalue weighted by Gasteiger charge is -2.38. The van der Waals surface area contributed by atoms with Crippen LogP contribution in [0.5, 0.6) is 0 Å². The molecule has 2 unspecified atom stereocenters. The predicted molar refractivity (Wildman–Crippen MR) is 115 cm³/mol. The summed E-state index contributed by atoms with van der Waals surface area (Å²) < 4.78 is 0. The van der Waals surface area contributed by atoms with Crippen molar-refractivity contribution in [1.82, 2.24) is 5.32 Å². The van der Waals surface area contributed by atoms with Crippen LogP contribution in [0.1, 0.15) is 87.4 Å². The van der Waals surface area contributed by atoms with Crippen LogP contribution in [0.4, 0.5) is 0 Å². The van der Waals surface area contributed by atoms with Gasteiger partial charge in [0.2, 0.25) is 0 Å². The van der Waals surface area contributed by atoms with Crippen LogP contribution in [0.15, 0.2) is 60.7 Å². The zero-order valence-electron chi connectivity index (χ0n) is 16.7. The first-order chi connectivity index (χ1) is 13.4. The highest BCUT2D eigenvalue weighted by molar-refractivity contribution is 5.24. The van der Waals surface area contributed by atoms with Gasteiger partial charge in [-0.2, -0.15) is 0 Å². The van der Waals surface area contributed by atoms with Crippen molar-refractivity contribution in [3.8, 4) is 0 Å². The normalized spacial score (nSPS) is 21.6. The maximum Gasteiger partial charge on any atom is 0.0354 e. The Labute approximate surface area is 165 Å².